The highest BCUT2D eigenvalue weighted by molar-refractivity contribution is 6.29. The lowest BCUT2D eigenvalue weighted by molar-refractivity contribution is 0.102. The lowest BCUT2D eigenvalue weighted by Gasteiger charge is -2.06. The zero-order chi connectivity index (χ0) is 13.1. The second-order valence-electron chi connectivity index (χ2n) is 3.56. The summed E-state index contributed by atoms with van der Waals surface area (Å²) in [6.45, 7) is 0. The molecule has 0 unspecified atom stereocenters. The Morgan fingerprint density at radius 3 is 2.78 bits per heavy atom. The fourth-order valence-corrected chi connectivity index (χ4v) is 1.57. The molecule has 1 heterocycles. The summed E-state index contributed by atoms with van der Waals surface area (Å²) in [4.78, 5) is 15.6. The normalized spacial score (nSPS) is 10.1. The van der Waals surface area contributed by atoms with E-state index < -0.39 is 11.7 Å². The van der Waals surface area contributed by atoms with Gasteiger partial charge in [0, 0.05) is 17.6 Å². The molecule has 0 saturated heterocycles. The van der Waals surface area contributed by atoms with Crippen molar-refractivity contribution in [1.29, 1.82) is 0 Å². The number of nitrogens with one attached hydrogen (secondary N) is 1. The van der Waals surface area contributed by atoms with E-state index in [2.05, 4.69) is 10.3 Å². The molecule has 2 rings (SSSR count). The van der Waals surface area contributed by atoms with Crippen LogP contribution in [0.25, 0.3) is 0 Å². The molecule has 0 aliphatic rings. The molecule has 0 bridgehead atoms. The van der Waals surface area contributed by atoms with Gasteiger partial charge >= 0.3 is 0 Å². The van der Waals surface area contributed by atoms with Gasteiger partial charge in [-0.2, -0.15) is 0 Å². The molecule has 1 aromatic carbocycles. The number of carbonyl (C=O) groups excluding carboxylic acids is 1. The first-order valence-electron chi connectivity index (χ1n) is 5.04. The highest BCUT2D eigenvalue weighted by Crippen LogP contribution is 2.16. The molecule has 18 heavy (non-hydrogen) atoms. The Hall–Kier alpha value is -2.14. The molecule has 1 amide bonds. The molecule has 0 atom stereocenters. The summed E-state index contributed by atoms with van der Waals surface area (Å²) in [5.41, 5.74) is 6.02. The number of hydrogen-bond donors (Lipinski definition) is 2. The van der Waals surface area contributed by atoms with Gasteiger partial charge in [0.2, 0.25) is 0 Å². The highest BCUT2D eigenvalue weighted by Gasteiger charge is 2.12. The van der Waals surface area contributed by atoms with Gasteiger partial charge in [0.25, 0.3) is 5.91 Å². The lowest BCUT2D eigenvalue weighted by Crippen LogP contribution is -2.14. The van der Waals surface area contributed by atoms with Crippen LogP contribution in [0.3, 0.4) is 0 Å². The fraction of sp³-hybridized carbons (Fsp3) is 0. The lowest BCUT2D eigenvalue weighted by atomic mass is 10.2. The number of rotatable bonds is 2. The van der Waals surface area contributed by atoms with Crippen LogP contribution in [0.4, 0.5) is 15.8 Å². The third kappa shape index (κ3) is 2.75. The van der Waals surface area contributed by atoms with E-state index in [1.54, 1.807) is 6.07 Å². The molecule has 4 nitrogen and oxygen atoms in total. The molecule has 1 aromatic heterocycles. The molecular formula is C12H9ClFN3O. The van der Waals surface area contributed by atoms with Crippen LogP contribution >= 0.6 is 11.6 Å². The largest absolute Gasteiger partial charge is 0.399 e. The van der Waals surface area contributed by atoms with Crippen LogP contribution in [0.1, 0.15) is 10.4 Å². The van der Waals surface area contributed by atoms with Crippen molar-refractivity contribution >= 4 is 28.9 Å². The molecule has 0 aliphatic carbocycles. The zero-order valence-electron chi connectivity index (χ0n) is 9.15. The van der Waals surface area contributed by atoms with Crippen molar-refractivity contribution < 1.29 is 9.18 Å². The summed E-state index contributed by atoms with van der Waals surface area (Å²) in [7, 11) is 0. The maximum atomic E-state index is 13.5. The Bertz CT molecular complexity index is 604. The predicted octanol–water partition coefficient (Wildman–Crippen LogP) is 2.71. The Balaban J connectivity index is 2.22. The van der Waals surface area contributed by atoms with Crippen molar-refractivity contribution in [2.24, 2.45) is 0 Å². The molecule has 0 aliphatic heterocycles. The predicted molar refractivity (Wildman–Crippen MR) is 68.0 cm³/mol. The number of benzene rings is 1. The number of nitrogens with two attached hydrogens (primary N) is 1. The maximum Gasteiger partial charge on any atom is 0.258 e. The number of pyridine rings is 1. The van der Waals surface area contributed by atoms with E-state index in [9.17, 15) is 9.18 Å². The van der Waals surface area contributed by atoms with Crippen molar-refractivity contribution in [3.05, 3.63) is 53.1 Å². The Labute approximate surface area is 108 Å². The first kappa shape index (κ1) is 12.3. The highest BCUT2D eigenvalue weighted by atomic mass is 35.5. The number of hydrogen-bond acceptors (Lipinski definition) is 3. The van der Waals surface area contributed by atoms with Crippen LogP contribution in [0.2, 0.25) is 5.15 Å². The summed E-state index contributed by atoms with van der Waals surface area (Å²) in [5.74, 6) is -1.25. The minimum absolute atomic E-state index is 0.0860. The number of amides is 1. The average molecular weight is 266 g/mol. The summed E-state index contributed by atoms with van der Waals surface area (Å²) in [6.07, 6.45) is 1.44. The van der Waals surface area contributed by atoms with Gasteiger partial charge in [-0.25, -0.2) is 9.37 Å². The molecule has 0 spiro atoms. The van der Waals surface area contributed by atoms with Gasteiger partial charge in [-0.15, -0.1) is 0 Å². The molecule has 3 N–H and O–H groups in total. The standard InChI is InChI=1S/C12H9ClFN3O/c13-11-6-8(3-4-16-11)17-12(18)9-2-1-7(15)5-10(9)14/h1-6H,15H2,(H,16,17,18). The Morgan fingerprint density at radius 1 is 1.33 bits per heavy atom. The number of nitrogens with zero attached hydrogens (tertiary/aromatic N) is 1. The molecular weight excluding hydrogens is 257 g/mol. The van der Waals surface area contributed by atoms with E-state index in [0.29, 0.717) is 5.69 Å². The van der Waals surface area contributed by atoms with Crippen LogP contribution in [0, 0.1) is 5.82 Å². The quantitative estimate of drug-likeness (QED) is 0.648. The monoisotopic (exact) mass is 265 g/mol. The molecule has 92 valence electrons. The van der Waals surface area contributed by atoms with Crippen LogP contribution < -0.4 is 11.1 Å². The molecule has 0 saturated carbocycles. The minimum atomic E-state index is -0.673. The molecule has 0 fully saturated rings. The molecule has 6 heteroatoms. The van der Waals surface area contributed by atoms with Crippen molar-refractivity contribution in [2.45, 2.75) is 0 Å². The van der Waals surface area contributed by atoms with Gasteiger partial charge in [-0.05, 0) is 30.3 Å². The summed E-state index contributed by atoms with van der Waals surface area (Å²) >= 11 is 5.67. The van der Waals surface area contributed by atoms with Crippen molar-refractivity contribution in [3.63, 3.8) is 0 Å². The third-order valence-electron chi connectivity index (χ3n) is 2.22. The van der Waals surface area contributed by atoms with E-state index in [1.165, 1.54) is 24.4 Å². The van der Waals surface area contributed by atoms with Crippen LogP contribution in [-0.2, 0) is 0 Å². The number of anilines is 2. The maximum absolute atomic E-state index is 13.5. The first-order valence-corrected chi connectivity index (χ1v) is 5.42. The molecule has 0 radical (unpaired) electrons. The van der Waals surface area contributed by atoms with E-state index in [1.807, 2.05) is 0 Å². The third-order valence-corrected chi connectivity index (χ3v) is 2.43. The Kier molecular flexibility index (Phi) is 3.43. The van der Waals surface area contributed by atoms with Crippen molar-refractivity contribution in [2.75, 3.05) is 11.1 Å². The van der Waals surface area contributed by atoms with Crippen molar-refractivity contribution in [1.82, 2.24) is 4.98 Å². The van der Waals surface area contributed by atoms with E-state index >= 15 is 0 Å². The van der Waals surface area contributed by atoms with E-state index in [-0.39, 0.29) is 16.4 Å². The van der Waals surface area contributed by atoms with E-state index in [4.69, 9.17) is 17.3 Å². The summed E-state index contributed by atoms with van der Waals surface area (Å²) in [6, 6.07) is 6.89. The topological polar surface area (TPSA) is 68.0 Å². The second-order valence-corrected chi connectivity index (χ2v) is 3.95. The average Bonchev–Trinajstić information content (AvgIpc) is 2.28. The van der Waals surface area contributed by atoms with Crippen LogP contribution in [0.5, 0.6) is 0 Å². The number of aromatic nitrogens is 1. The number of carbonyl (C=O) groups is 1. The summed E-state index contributed by atoms with van der Waals surface area (Å²) in [5, 5.41) is 2.76. The van der Waals surface area contributed by atoms with Gasteiger partial charge in [-0.3, -0.25) is 4.79 Å². The van der Waals surface area contributed by atoms with Crippen molar-refractivity contribution in [3.8, 4) is 0 Å². The van der Waals surface area contributed by atoms with Gasteiger partial charge in [0.05, 0.1) is 5.56 Å². The minimum Gasteiger partial charge on any atom is -0.399 e. The van der Waals surface area contributed by atoms with Crippen LogP contribution in [0.15, 0.2) is 36.5 Å². The molecule has 2 aromatic rings. The zero-order valence-corrected chi connectivity index (χ0v) is 9.91. The second kappa shape index (κ2) is 5.01. The number of halogens is 2. The van der Waals surface area contributed by atoms with Gasteiger partial charge in [0.15, 0.2) is 0 Å². The van der Waals surface area contributed by atoms with Gasteiger partial charge in [-0.1, -0.05) is 11.6 Å². The summed E-state index contributed by atoms with van der Waals surface area (Å²) < 4.78 is 13.5. The smallest absolute Gasteiger partial charge is 0.258 e. The van der Waals surface area contributed by atoms with Gasteiger partial charge in [0.1, 0.15) is 11.0 Å². The Morgan fingerprint density at radius 2 is 2.11 bits per heavy atom. The van der Waals surface area contributed by atoms with Crippen LogP contribution in [-0.4, -0.2) is 10.9 Å². The fourth-order valence-electron chi connectivity index (χ4n) is 1.39. The first-order chi connectivity index (χ1) is 8.56. The van der Waals surface area contributed by atoms with E-state index in [0.717, 1.165) is 6.07 Å². The number of nitrogen functional groups attached to an aromatic ring is 1. The SMILES string of the molecule is Nc1ccc(C(=O)Nc2ccnc(Cl)c2)c(F)c1. The van der Waals surface area contributed by atoms with Gasteiger partial charge < -0.3 is 11.1 Å².